The predicted molar refractivity (Wildman–Crippen MR) is 143 cm³/mol. The summed E-state index contributed by atoms with van der Waals surface area (Å²) in [5.41, 5.74) is 3.81. The van der Waals surface area contributed by atoms with E-state index < -0.39 is 8.07 Å². The van der Waals surface area contributed by atoms with Crippen LogP contribution < -0.4 is 5.19 Å². The molecule has 0 radical (unpaired) electrons. The summed E-state index contributed by atoms with van der Waals surface area (Å²) in [4.78, 5) is 0. The van der Waals surface area contributed by atoms with E-state index in [-0.39, 0.29) is 32.9 Å². The third-order valence-corrected chi connectivity index (χ3v) is 15.4. The van der Waals surface area contributed by atoms with Crippen LogP contribution in [0.4, 0.5) is 0 Å². The van der Waals surface area contributed by atoms with E-state index in [0.29, 0.717) is 0 Å². The zero-order valence-electron chi connectivity index (χ0n) is 21.1. The van der Waals surface area contributed by atoms with Crippen LogP contribution in [0, 0.1) is 6.92 Å². The Morgan fingerprint density at radius 3 is 1.07 bits per heavy atom. The largest absolute Gasteiger partial charge is 6.00 e. The van der Waals surface area contributed by atoms with Crippen LogP contribution >= 0.6 is 15.8 Å². The molecule has 164 valence electrons. The van der Waals surface area contributed by atoms with Gasteiger partial charge >= 0.3 is 17.1 Å². The summed E-state index contributed by atoms with van der Waals surface area (Å²) < 4.78 is 0. The van der Waals surface area contributed by atoms with E-state index in [0.717, 1.165) is 22.6 Å². The Hall–Kier alpha value is 0.946. The normalized spacial score (nSPS) is 11.5. The van der Waals surface area contributed by atoms with Gasteiger partial charge in [-0.05, 0) is 55.4 Å². The molecule has 1 rings (SSSR count). The Balaban J connectivity index is -0.000000441. The fourth-order valence-corrected chi connectivity index (χ4v) is 12.1. The van der Waals surface area contributed by atoms with Gasteiger partial charge in [0.15, 0.2) is 0 Å². The molecule has 28 heavy (non-hydrogen) atoms. The molecule has 0 N–H and O–H groups in total. The van der Waals surface area contributed by atoms with Crippen molar-refractivity contribution in [3.05, 3.63) is 31.2 Å². The second-order valence-electron chi connectivity index (χ2n) is 9.69. The molecule has 0 aliphatic carbocycles. The average molecular weight is 487 g/mol. The minimum absolute atomic E-state index is 0. The van der Waals surface area contributed by atoms with E-state index in [1.165, 1.54) is 0 Å². The standard InChI is InChI=1S/C14H32P2.C8H13Si.C2H5.Fe/c1-11(2)15(12(3)4)9-10-16(13(5)6)14(7)8;1-9(2,3)8-6-4-5-7-8;1-2;/h11-14H,9-10H2,1-8H3;4-7H,1-3H3;1H2,2H3;/q;2*-1;+6/p+2. The molecule has 0 atom stereocenters. The molecule has 0 nitrogen and oxygen atoms in total. The predicted octanol–water partition coefficient (Wildman–Crippen LogP) is 7.84. The van der Waals surface area contributed by atoms with Crippen molar-refractivity contribution in [1.82, 2.24) is 0 Å². The molecule has 4 heteroatoms. The Kier molecular flexibility index (Phi) is 21.1. The number of rotatable bonds is 8. The van der Waals surface area contributed by atoms with Crippen molar-refractivity contribution < 1.29 is 17.1 Å². The first kappa shape index (κ1) is 33.6. The Bertz CT molecular complexity index is 398. The van der Waals surface area contributed by atoms with Gasteiger partial charge in [-0.3, -0.25) is 0 Å². The summed E-state index contributed by atoms with van der Waals surface area (Å²) in [5.74, 6) is 0. The summed E-state index contributed by atoms with van der Waals surface area (Å²) in [6.45, 7) is 31.6. The molecule has 0 saturated carbocycles. The van der Waals surface area contributed by atoms with Gasteiger partial charge in [0.2, 0.25) is 0 Å². The smallest absolute Gasteiger partial charge is 0.346 e. The topological polar surface area (TPSA) is 0 Å². The molecule has 0 amide bonds. The maximum Gasteiger partial charge on any atom is 6.00 e. The van der Waals surface area contributed by atoms with Crippen molar-refractivity contribution in [3.8, 4) is 0 Å². The maximum absolute atomic E-state index is 3.25. The molecule has 0 spiro atoms. The summed E-state index contributed by atoms with van der Waals surface area (Å²) in [6.07, 6.45) is 3.12. The van der Waals surface area contributed by atoms with Crippen LogP contribution in [0.25, 0.3) is 0 Å². The summed E-state index contributed by atoms with van der Waals surface area (Å²) in [7, 11) is -1.21. The minimum atomic E-state index is -0.981. The molecule has 1 aromatic carbocycles. The minimum Gasteiger partial charge on any atom is -0.346 e. The van der Waals surface area contributed by atoms with Gasteiger partial charge in [0.05, 0.1) is 35.0 Å². The fourth-order valence-electron chi connectivity index (χ4n) is 3.65. The molecule has 0 saturated heterocycles. The first-order chi connectivity index (χ1) is 12.4. The fraction of sp³-hybridized carbons (Fsp3) is 0.750. The first-order valence-electron chi connectivity index (χ1n) is 11.0. The van der Waals surface area contributed by atoms with Crippen LogP contribution in [-0.4, -0.2) is 43.0 Å². The van der Waals surface area contributed by atoms with Crippen molar-refractivity contribution in [3.63, 3.8) is 0 Å². The SMILES string of the molecule is CC(C)[PH+](CC[PH+](C(C)C)C(C)C)C(C)C.C[Si](C)(C)[c-]1cccc1.[CH2-]C.[Fe+6]. The van der Waals surface area contributed by atoms with Gasteiger partial charge in [-0.2, -0.15) is 24.2 Å². The van der Waals surface area contributed by atoms with Gasteiger partial charge in [-0.25, -0.2) is 12.1 Å². The molecule has 1 aromatic rings. The zero-order chi connectivity index (χ0) is 21.8. The van der Waals surface area contributed by atoms with Crippen molar-refractivity contribution in [1.29, 1.82) is 0 Å². The zero-order valence-corrected chi connectivity index (χ0v) is 25.2. The van der Waals surface area contributed by atoms with Crippen LogP contribution in [0.2, 0.25) is 19.6 Å². The Morgan fingerprint density at radius 2 is 0.929 bits per heavy atom. The van der Waals surface area contributed by atoms with Gasteiger partial charge in [0.25, 0.3) is 0 Å². The molecule has 0 heterocycles. The Labute approximate surface area is 193 Å². The van der Waals surface area contributed by atoms with Crippen LogP contribution in [-0.2, 0) is 17.1 Å². The molecule has 0 aromatic heterocycles. The van der Waals surface area contributed by atoms with Crippen LogP contribution in [0.15, 0.2) is 24.3 Å². The quantitative estimate of drug-likeness (QED) is 0.200. The van der Waals surface area contributed by atoms with Crippen LogP contribution in [0.5, 0.6) is 0 Å². The second kappa shape index (κ2) is 17.6. The van der Waals surface area contributed by atoms with E-state index in [9.17, 15) is 0 Å². The van der Waals surface area contributed by atoms with E-state index in [4.69, 9.17) is 0 Å². The molecule has 0 unspecified atom stereocenters. The van der Waals surface area contributed by atoms with Gasteiger partial charge in [-0.15, -0.1) is 0 Å². The summed E-state index contributed by atoms with van der Waals surface area (Å²) in [6, 6.07) is 8.69. The van der Waals surface area contributed by atoms with E-state index >= 15 is 0 Å². The summed E-state index contributed by atoms with van der Waals surface area (Å²) >= 11 is 0. The molecular formula is C24H52FeP2Si+6. The van der Waals surface area contributed by atoms with Crippen LogP contribution in [0.3, 0.4) is 0 Å². The first-order valence-corrected chi connectivity index (χ1v) is 18.2. The van der Waals surface area contributed by atoms with E-state index in [1.54, 1.807) is 24.4 Å². The molecule has 0 aliphatic heterocycles. The number of hydrogen-bond donors (Lipinski definition) is 0. The van der Waals surface area contributed by atoms with Gasteiger partial charge in [0.1, 0.15) is 0 Å². The molecule has 0 fully saturated rings. The van der Waals surface area contributed by atoms with Crippen LogP contribution in [0.1, 0.15) is 62.3 Å². The van der Waals surface area contributed by atoms with Crippen molar-refractivity contribution in [2.45, 2.75) is 105 Å². The van der Waals surface area contributed by atoms with Gasteiger partial charge in [-0.1, -0.05) is 19.6 Å². The van der Waals surface area contributed by atoms with E-state index in [1.807, 2.05) is 0 Å². The molecule has 0 aliphatic rings. The second-order valence-corrected chi connectivity index (χ2v) is 22.7. The average Bonchev–Trinajstić information content (AvgIpc) is 3.07. The van der Waals surface area contributed by atoms with Crippen molar-refractivity contribution in [2.75, 3.05) is 12.3 Å². The molecular weight excluding hydrogens is 434 g/mol. The maximum atomic E-state index is 3.25. The third kappa shape index (κ3) is 14.9. The Morgan fingerprint density at radius 1 is 0.679 bits per heavy atom. The van der Waals surface area contributed by atoms with Gasteiger partial charge < -0.3 is 6.92 Å². The number of hydrogen-bond acceptors (Lipinski definition) is 0. The van der Waals surface area contributed by atoms with Gasteiger partial charge in [0, 0.05) is 23.9 Å². The third-order valence-electron chi connectivity index (χ3n) is 5.20. The molecule has 0 bridgehead atoms. The summed E-state index contributed by atoms with van der Waals surface area (Å²) in [5, 5.41) is 1.56. The van der Waals surface area contributed by atoms with Crippen molar-refractivity contribution in [2.24, 2.45) is 0 Å². The van der Waals surface area contributed by atoms with Crippen molar-refractivity contribution >= 4 is 29.1 Å². The van der Waals surface area contributed by atoms with E-state index in [2.05, 4.69) is 106 Å². The monoisotopic (exact) mass is 486 g/mol.